The second-order valence-corrected chi connectivity index (χ2v) is 5.54. The molecule has 2 heteroatoms. The van der Waals surface area contributed by atoms with Crippen molar-refractivity contribution in [2.24, 2.45) is 5.41 Å². The fourth-order valence-corrected chi connectivity index (χ4v) is 2.69. The summed E-state index contributed by atoms with van der Waals surface area (Å²) < 4.78 is 5.94. The van der Waals surface area contributed by atoms with Gasteiger partial charge in [0.2, 0.25) is 0 Å². The number of benzene rings is 1. The molecule has 0 bridgehead atoms. The van der Waals surface area contributed by atoms with Crippen molar-refractivity contribution in [1.29, 1.82) is 0 Å². The summed E-state index contributed by atoms with van der Waals surface area (Å²) in [7, 11) is 0. The van der Waals surface area contributed by atoms with Crippen molar-refractivity contribution >= 4 is 17.1 Å². The molecular weight excluding hydrogens is 224 g/mol. The van der Waals surface area contributed by atoms with Gasteiger partial charge in [-0.25, -0.2) is 0 Å². The molecule has 3 rings (SSSR count). The molecule has 1 aromatic carbocycles. The van der Waals surface area contributed by atoms with Gasteiger partial charge in [0.05, 0.1) is 5.57 Å². The largest absolute Gasteiger partial charge is 0.489 e. The number of allylic oxidation sites excluding steroid dienone is 1. The monoisotopic (exact) mass is 240 g/mol. The SMILES string of the molecule is C=C1C(=O)C2=C(OC(C)C2(C)C)c2ccccc21. The van der Waals surface area contributed by atoms with Crippen LogP contribution in [0.15, 0.2) is 36.4 Å². The highest BCUT2D eigenvalue weighted by Crippen LogP contribution is 2.50. The second-order valence-electron chi connectivity index (χ2n) is 5.54. The molecular formula is C16H16O2. The van der Waals surface area contributed by atoms with Crippen molar-refractivity contribution in [2.75, 3.05) is 0 Å². The summed E-state index contributed by atoms with van der Waals surface area (Å²) in [5, 5.41) is 0. The van der Waals surface area contributed by atoms with Crippen LogP contribution in [0.1, 0.15) is 31.9 Å². The van der Waals surface area contributed by atoms with Crippen LogP contribution in [0.3, 0.4) is 0 Å². The molecule has 0 radical (unpaired) electrons. The number of carbonyl (C=O) groups excluding carboxylic acids is 1. The van der Waals surface area contributed by atoms with Crippen molar-refractivity contribution < 1.29 is 9.53 Å². The molecule has 18 heavy (non-hydrogen) atoms. The molecule has 1 aliphatic heterocycles. The van der Waals surface area contributed by atoms with Crippen LogP contribution in [0.4, 0.5) is 0 Å². The molecule has 1 heterocycles. The molecule has 0 amide bonds. The molecule has 0 N–H and O–H groups in total. The molecule has 1 aromatic rings. The normalized spacial score (nSPS) is 24.7. The van der Waals surface area contributed by atoms with E-state index in [0.29, 0.717) is 5.57 Å². The molecule has 0 spiro atoms. The van der Waals surface area contributed by atoms with Gasteiger partial charge in [-0.1, -0.05) is 44.7 Å². The van der Waals surface area contributed by atoms with Crippen LogP contribution in [-0.2, 0) is 9.53 Å². The molecule has 1 unspecified atom stereocenters. The van der Waals surface area contributed by atoms with E-state index in [-0.39, 0.29) is 17.3 Å². The summed E-state index contributed by atoms with van der Waals surface area (Å²) in [6.07, 6.45) is 0.00501. The number of hydrogen-bond acceptors (Lipinski definition) is 2. The number of ketones is 1. The van der Waals surface area contributed by atoms with Crippen molar-refractivity contribution in [3.63, 3.8) is 0 Å². The van der Waals surface area contributed by atoms with E-state index < -0.39 is 0 Å². The average Bonchev–Trinajstić information content (AvgIpc) is 2.58. The lowest BCUT2D eigenvalue weighted by molar-refractivity contribution is -0.111. The van der Waals surface area contributed by atoms with Crippen LogP contribution in [-0.4, -0.2) is 11.9 Å². The third-order valence-corrected chi connectivity index (χ3v) is 4.18. The van der Waals surface area contributed by atoms with Crippen molar-refractivity contribution in [2.45, 2.75) is 26.9 Å². The maximum absolute atomic E-state index is 12.5. The Kier molecular flexibility index (Phi) is 2.10. The zero-order chi connectivity index (χ0) is 13.1. The Bertz CT molecular complexity index is 605. The molecule has 2 aliphatic rings. The molecule has 0 aromatic heterocycles. The van der Waals surface area contributed by atoms with Gasteiger partial charge < -0.3 is 4.74 Å². The Morgan fingerprint density at radius 1 is 1.22 bits per heavy atom. The molecule has 0 fully saturated rings. The second kappa shape index (κ2) is 3.35. The first-order chi connectivity index (χ1) is 8.44. The van der Waals surface area contributed by atoms with Gasteiger partial charge in [-0.3, -0.25) is 4.79 Å². The third-order valence-electron chi connectivity index (χ3n) is 4.18. The lowest BCUT2D eigenvalue weighted by Crippen LogP contribution is -2.28. The fourth-order valence-electron chi connectivity index (χ4n) is 2.69. The van der Waals surface area contributed by atoms with Gasteiger partial charge in [0, 0.05) is 16.6 Å². The Morgan fingerprint density at radius 3 is 2.50 bits per heavy atom. The first kappa shape index (κ1) is 11.3. The van der Waals surface area contributed by atoms with Crippen LogP contribution < -0.4 is 0 Å². The number of carbonyl (C=O) groups is 1. The van der Waals surface area contributed by atoms with E-state index in [4.69, 9.17) is 4.74 Å². The van der Waals surface area contributed by atoms with Gasteiger partial charge in [-0.05, 0) is 12.5 Å². The zero-order valence-electron chi connectivity index (χ0n) is 10.9. The lowest BCUT2D eigenvalue weighted by Gasteiger charge is -2.25. The molecule has 0 saturated heterocycles. The summed E-state index contributed by atoms with van der Waals surface area (Å²) in [6, 6.07) is 7.81. The Labute approximate surface area is 107 Å². The van der Waals surface area contributed by atoms with E-state index in [0.717, 1.165) is 22.5 Å². The maximum Gasteiger partial charge on any atom is 0.193 e. The first-order valence-corrected chi connectivity index (χ1v) is 6.19. The van der Waals surface area contributed by atoms with E-state index in [1.807, 2.05) is 31.2 Å². The van der Waals surface area contributed by atoms with E-state index in [1.54, 1.807) is 0 Å². The van der Waals surface area contributed by atoms with Crippen LogP contribution in [0, 0.1) is 5.41 Å². The summed E-state index contributed by atoms with van der Waals surface area (Å²) >= 11 is 0. The Hall–Kier alpha value is -1.83. The maximum atomic E-state index is 12.5. The van der Waals surface area contributed by atoms with Crippen molar-refractivity contribution in [1.82, 2.24) is 0 Å². The molecule has 92 valence electrons. The van der Waals surface area contributed by atoms with E-state index in [9.17, 15) is 4.79 Å². The number of hydrogen-bond donors (Lipinski definition) is 0. The molecule has 1 aliphatic carbocycles. The van der Waals surface area contributed by atoms with Gasteiger partial charge in [0.15, 0.2) is 5.78 Å². The van der Waals surface area contributed by atoms with Crippen molar-refractivity contribution in [3.8, 4) is 0 Å². The highest BCUT2D eigenvalue weighted by atomic mass is 16.5. The molecule has 0 saturated carbocycles. The minimum Gasteiger partial charge on any atom is -0.489 e. The highest BCUT2D eigenvalue weighted by molar-refractivity contribution is 6.33. The predicted octanol–water partition coefficient (Wildman–Crippen LogP) is 3.44. The molecule has 1 atom stereocenters. The molecule has 2 nitrogen and oxygen atoms in total. The minimum atomic E-state index is -0.261. The Morgan fingerprint density at radius 2 is 1.83 bits per heavy atom. The number of rotatable bonds is 0. The van der Waals surface area contributed by atoms with Gasteiger partial charge in [-0.15, -0.1) is 0 Å². The summed E-state index contributed by atoms with van der Waals surface area (Å²) in [4.78, 5) is 12.5. The van der Waals surface area contributed by atoms with Gasteiger partial charge >= 0.3 is 0 Å². The van der Waals surface area contributed by atoms with Gasteiger partial charge in [0.1, 0.15) is 11.9 Å². The van der Waals surface area contributed by atoms with Crippen molar-refractivity contribution in [3.05, 3.63) is 47.5 Å². The van der Waals surface area contributed by atoms with Crippen LogP contribution in [0.2, 0.25) is 0 Å². The van der Waals surface area contributed by atoms with E-state index in [2.05, 4.69) is 20.4 Å². The number of fused-ring (bicyclic) bond motifs is 2. The standard InChI is InChI=1S/C16H16O2/c1-9-11-7-5-6-8-12(11)15-13(14(9)17)16(3,4)10(2)18-15/h5-8,10H,1H2,2-4H3. The number of Topliss-reactive ketones (excluding diaryl/α,β-unsaturated/α-hetero) is 1. The van der Waals surface area contributed by atoms with Crippen LogP contribution >= 0.6 is 0 Å². The van der Waals surface area contributed by atoms with Crippen LogP contribution in [0.25, 0.3) is 11.3 Å². The third kappa shape index (κ3) is 1.20. The predicted molar refractivity (Wildman–Crippen MR) is 71.7 cm³/mol. The van der Waals surface area contributed by atoms with Crippen LogP contribution in [0.5, 0.6) is 0 Å². The summed E-state index contributed by atoms with van der Waals surface area (Å²) in [6.45, 7) is 10.1. The summed E-state index contributed by atoms with van der Waals surface area (Å²) in [5.74, 6) is 0.776. The quantitative estimate of drug-likeness (QED) is 0.649. The minimum absolute atomic E-state index is 0.00501. The van der Waals surface area contributed by atoms with E-state index >= 15 is 0 Å². The van der Waals surface area contributed by atoms with Gasteiger partial charge in [-0.2, -0.15) is 0 Å². The number of ether oxygens (including phenoxy) is 1. The zero-order valence-corrected chi connectivity index (χ0v) is 10.9. The van der Waals surface area contributed by atoms with Gasteiger partial charge in [0.25, 0.3) is 0 Å². The first-order valence-electron chi connectivity index (χ1n) is 6.19. The topological polar surface area (TPSA) is 26.3 Å². The smallest absolute Gasteiger partial charge is 0.193 e. The average molecular weight is 240 g/mol. The lowest BCUT2D eigenvalue weighted by atomic mass is 9.73. The van der Waals surface area contributed by atoms with E-state index in [1.165, 1.54) is 0 Å². The Balaban J connectivity index is 2.32. The summed E-state index contributed by atoms with van der Waals surface area (Å²) in [5.41, 5.74) is 2.98. The fraction of sp³-hybridized carbons (Fsp3) is 0.312. The highest BCUT2D eigenvalue weighted by Gasteiger charge is 2.47.